The average molecular weight is 349 g/mol. The number of hydrogen-bond donors (Lipinski definition) is 1. The molecule has 1 aromatic heterocycles. The smallest absolute Gasteiger partial charge is 0.230 e. The molecule has 0 spiro atoms. The average Bonchev–Trinajstić information content (AvgIpc) is 3.03. The molecule has 7 heteroatoms. The van der Waals surface area contributed by atoms with E-state index in [0.717, 1.165) is 23.4 Å². The number of ether oxygens (including phenoxy) is 2. The Morgan fingerprint density at radius 3 is 2.75 bits per heavy atom. The second kappa shape index (κ2) is 8.63. The van der Waals surface area contributed by atoms with Gasteiger partial charge >= 0.3 is 0 Å². The summed E-state index contributed by atoms with van der Waals surface area (Å²) < 4.78 is 10.5. The summed E-state index contributed by atoms with van der Waals surface area (Å²) in [5.41, 5.74) is 0.792. The summed E-state index contributed by atoms with van der Waals surface area (Å²) in [5.74, 6) is 1.53. The maximum atomic E-state index is 12.3. The third-order valence-electron chi connectivity index (χ3n) is 3.68. The van der Waals surface area contributed by atoms with Crippen molar-refractivity contribution in [2.45, 2.75) is 39.0 Å². The summed E-state index contributed by atoms with van der Waals surface area (Å²) in [6, 6.07) is 5.39. The lowest BCUT2D eigenvalue weighted by Gasteiger charge is -2.09. The van der Waals surface area contributed by atoms with Gasteiger partial charge in [-0.05, 0) is 12.5 Å². The minimum Gasteiger partial charge on any atom is -0.497 e. The standard InChI is InChI=1S/C17H23N3O3S/c1-5-6-11(2)16-19-20-17(24-16)18-15(21)9-12-7-8-13(22-3)10-14(12)23-4/h7-8,10-11H,5-6,9H2,1-4H3,(H,18,20,21)/t11-/m0/s1. The maximum Gasteiger partial charge on any atom is 0.230 e. The van der Waals surface area contributed by atoms with Crippen LogP contribution in [0.4, 0.5) is 5.13 Å². The quantitative estimate of drug-likeness (QED) is 0.787. The van der Waals surface area contributed by atoms with Crippen LogP contribution in [0.3, 0.4) is 0 Å². The summed E-state index contributed by atoms with van der Waals surface area (Å²) in [6.07, 6.45) is 2.36. The van der Waals surface area contributed by atoms with E-state index < -0.39 is 0 Å². The highest BCUT2D eigenvalue weighted by atomic mass is 32.1. The van der Waals surface area contributed by atoms with Gasteiger partial charge in [-0.3, -0.25) is 4.79 Å². The van der Waals surface area contributed by atoms with E-state index in [1.54, 1.807) is 26.4 Å². The monoisotopic (exact) mass is 349 g/mol. The van der Waals surface area contributed by atoms with Crippen molar-refractivity contribution in [2.75, 3.05) is 19.5 Å². The first-order chi connectivity index (χ1) is 11.6. The number of rotatable bonds is 8. The lowest BCUT2D eigenvalue weighted by Crippen LogP contribution is -2.14. The van der Waals surface area contributed by atoms with Crippen LogP contribution in [0.5, 0.6) is 11.5 Å². The summed E-state index contributed by atoms with van der Waals surface area (Å²) in [7, 11) is 3.16. The molecule has 0 fully saturated rings. The van der Waals surface area contributed by atoms with E-state index >= 15 is 0 Å². The molecule has 0 bridgehead atoms. The number of aromatic nitrogens is 2. The SMILES string of the molecule is CCC[C@H](C)c1nnc(NC(=O)Cc2ccc(OC)cc2OC)s1. The molecule has 1 aromatic carbocycles. The van der Waals surface area contributed by atoms with Gasteiger partial charge in [-0.25, -0.2) is 0 Å². The summed E-state index contributed by atoms with van der Waals surface area (Å²) in [5, 5.41) is 12.5. The Morgan fingerprint density at radius 1 is 1.29 bits per heavy atom. The molecule has 1 atom stereocenters. The van der Waals surface area contributed by atoms with Crippen molar-refractivity contribution in [3.8, 4) is 11.5 Å². The summed E-state index contributed by atoms with van der Waals surface area (Å²) in [4.78, 5) is 12.3. The van der Waals surface area contributed by atoms with Gasteiger partial charge in [0.2, 0.25) is 11.0 Å². The molecule has 0 aliphatic heterocycles. The van der Waals surface area contributed by atoms with E-state index in [4.69, 9.17) is 9.47 Å². The minimum absolute atomic E-state index is 0.149. The number of nitrogens with zero attached hydrogens (tertiary/aromatic N) is 2. The van der Waals surface area contributed by atoms with E-state index in [-0.39, 0.29) is 12.3 Å². The molecule has 1 N–H and O–H groups in total. The Morgan fingerprint density at radius 2 is 2.08 bits per heavy atom. The van der Waals surface area contributed by atoms with Crippen LogP contribution in [-0.4, -0.2) is 30.3 Å². The van der Waals surface area contributed by atoms with Gasteiger partial charge in [-0.1, -0.05) is 37.7 Å². The third kappa shape index (κ3) is 4.67. The van der Waals surface area contributed by atoms with E-state index in [9.17, 15) is 4.79 Å². The normalized spacial score (nSPS) is 11.8. The highest BCUT2D eigenvalue weighted by Crippen LogP contribution is 2.27. The molecule has 2 rings (SSSR count). The number of amides is 1. The number of benzene rings is 1. The number of nitrogens with one attached hydrogen (secondary N) is 1. The predicted molar refractivity (Wildman–Crippen MR) is 95.1 cm³/mol. The van der Waals surface area contributed by atoms with Crippen LogP contribution in [0.15, 0.2) is 18.2 Å². The lowest BCUT2D eigenvalue weighted by atomic mass is 10.1. The Labute approximate surface area is 146 Å². The van der Waals surface area contributed by atoms with Gasteiger partial charge in [-0.2, -0.15) is 0 Å². The zero-order valence-corrected chi connectivity index (χ0v) is 15.3. The van der Waals surface area contributed by atoms with Gasteiger partial charge in [0.05, 0.1) is 20.6 Å². The molecular formula is C17H23N3O3S. The first-order valence-electron chi connectivity index (χ1n) is 7.91. The Kier molecular flexibility index (Phi) is 6.54. The van der Waals surface area contributed by atoms with E-state index in [1.807, 2.05) is 6.07 Å². The molecule has 2 aromatic rings. The Hall–Kier alpha value is -2.15. The van der Waals surface area contributed by atoms with Crippen molar-refractivity contribution in [3.63, 3.8) is 0 Å². The number of hydrogen-bond acceptors (Lipinski definition) is 6. The third-order valence-corrected chi connectivity index (χ3v) is 4.75. The molecule has 1 heterocycles. The van der Waals surface area contributed by atoms with Crippen molar-refractivity contribution in [1.29, 1.82) is 0 Å². The second-order valence-corrected chi connectivity index (χ2v) is 6.55. The molecule has 0 aliphatic carbocycles. The first kappa shape index (κ1) is 18.2. The fourth-order valence-electron chi connectivity index (χ4n) is 2.38. The summed E-state index contributed by atoms with van der Waals surface area (Å²) in [6.45, 7) is 4.26. The lowest BCUT2D eigenvalue weighted by molar-refractivity contribution is -0.115. The van der Waals surface area contributed by atoms with Crippen molar-refractivity contribution >= 4 is 22.4 Å². The van der Waals surface area contributed by atoms with Crippen molar-refractivity contribution in [3.05, 3.63) is 28.8 Å². The molecule has 6 nitrogen and oxygen atoms in total. The van der Waals surface area contributed by atoms with Crippen LogP contribution >= 0.6 is 11.3 Å². The van der Waals surface area contributed by atoms with Gasteiger partial charge < -0.3 is 14.8 Å². The van der Waals surface area contributed by atoms with Crippen LogP contribution in [0.2, 0.25) is 0 Å². The van der Waals surface area contributed by atoms with Crippen molar-refractivity contribution in [2.24, 2.45) is 0 Å². The highest BCUT2D eigenvalue weighted by molar-refractivity contribution is 7.15. The summed E-state index contributed by atoms with van der Waals surface area (Å²) >= 11 is 1.43. The van der Waals surface area contributed by atoms with Crippen molar-refractivity contribution in [1.82, 2.24) is 10.2 Å². The van der Waals surface area contributed by atoms with Gasteiger partial charge in [0.15, 0.2) is 0 Å². The number of carbonyl (C=O) groups excluding carboxylic acids is 1. The molecule has 24 heavy (non-hydrogen) atoms. The van der Waals surface area contributed by atoms with E-state index in [2.05, 4.69) is 29.4 Å². The second-order valence-electron chi connectivity index (χ2n) is 5.54. The molecule has 0 aliphatic rings. The van der Waals surface area contributed by atoms with Gasteiger partial charge in [0, 0.05) is 17.5 Å². The molecular weight excluding hydrogens is 326 g/mol. The molecule has 1 amide bonds. The molecule has 130 valence electrons. The Balaban J connectivity index is 2.01. The zero-order chi connectivity index (χ0) is 17.5. The number of anilines is 1. The first-order valence-corrected chi connectivity index (χ1v) is 8.73. The van der Waals surface area contributed by atoms with Crippen molar-refractivity contribution < 1.29 is 14.3 Å². The molecule has 0 saturated heterocycles. The van der Waals surface area contributed by atoms with Crippen LogP contribution in [-0.2, 0) is 11.2 Å². The Bertz CT molecular complexity index is 687. The van der Waals surface area contributed by atoms with Crippen LogP contribution in [0.1, 0.15) is 43.2 Å². The van der Waals surface area contributed by atoms with E-state index in [1.165, 1.54) is 11.3 Å². The molecule has 0 unspecified atom stereocenters. The molecule has 0 saturated carbocycles. The van der Waals surface area contributed by atoms with Crippen LogP contribution in [0, 0.1) is 0 Å². The van der Waals surface area contributed by atoms with Crippen LogP contribution in [0.25, 0.3) is 0 Å². The highest BCUT2D eigenvalue weighted by Gasteiger charge is 2.15. The largest absolute Gasteiger partial charge is 0.497 e. The predicted octanol–water partition coefficient (Wildman–Crippen LogP) is 3.64. The maximum absolute atomic E-state index is 12.3. The fraction of sp³-hybridized carbons (Fsp3) is 0.471. The van der Waals surface area contributed by atoms with Crippen LogP contribution < -0.4 is 14.8 Å². The van der Waals surface area contributed by atoms with Gasteiger partial charge in [0.25, 0.3) is 0 Å². The molecule has 0 radical (unpaired) electrons. The van der Waals surface area contributed by atoms with Gasteiger partial charge in [-0.15, -0.1) is 10.2 Å². The minimum atomic E-state index is -0.149. The van der Waals surface area contributed by atoms with E-state index in [0.29, 0.717) is 22.5 Å². The topological polar surface area (TPSA) is 73.3 Å². The zero-order valence-electron chi connectivity index (χ0n) is 14.5. The van der Waals surface area contributed by atoms with Gasteiger partial charge in [0.1, 0.15) is 16.5 Å². The number of methoxy groups -OCH3 is 2. The fourth-order valence-corrected chi connectivity index (χ4v) is 3.22. The number of carbonyl (C=O) groups is 1.